The number of hydrogen-bond donors (Lipinski definition) is 2. The summed E-state index contributed by atoms with van der Waals surface area (Å²) in [4.78, 5) is 8.42. The summed E-state index contributed by atoms with van der Waals surface area (Å²) in [7, 11) is 0. The minimum Gasteiger partial charge on any atom is -0.436 e. The van der Waals surface area contributed by atoms with Gasteiger partial charge in [0.1, 0.15) is 5.52 Å². The van der Waals surface area contributed by atoms with E-state index in [4.69, 9.17) is 9.40 Å². The van der Waals surface area contributed by atoms with Crippen LogP contribution in [-0.4, -0.2) is 23.1 Å². The fourth-order valence-corrected chi connectivity index (χ4v) is 5.28. The van der Waals surface area contributed by atoms with Gasteiger partial charge < -0.3 is 14.7 Å². The van der Waals surface area contributed by atoms with Crippen LogP contribution in [0.15, 0.2) is 52.4 Å². The highest BCUT2D eigenvalue weighted by Crippen LogP contribution is 2.39. The van der Waals surface area contributed by atoms with Crippen molar-refractivity contribution < 1.29 is 4.42 Å². The molecule has 1 aliphatic heterocycles. The zero-order chi connectivity index (χ0) is 17.8. The fourth-order valence-electron chi connectivity index (χ4n) is 4.35. The minimum atomic E-state index is 0.577. The number of nitrogens with zero attached hydrogens (tertiary/aromatic N) is 1. The van der Waals surface area contributed by atoms with Gasteiger partial charge in [-0.25, -0.2) is 4.98 Å². The molecule has 0 radical (unpaired) electrons. The fraction of sp³-hybridized carbons (Fsp3) is 0.227. The van der Waals surface area contributed by atoms with Gasteiger partial charge in [-0.15, -0.1) is 11.3 Å². The van der Waals surface area contributed by atoms with Gasteiger partial charge in [0, 0.05) is 32.6 Å². The Morgan fingerprint density at radius 2 is 1.96 bits per heavy atom. The minimum absolute atomic E-state index is 0.577. The first-order chi connectivity index (χ1) is 13.4. The van der Waals surface area contributed by atoms with E-state index in [0.29, 0.717) is 11.8 Å². The third-order valence-corrected chi connectivity index (χ3v) is 6.69. The number of aromatic amines is 1. The SMILES string of the molecule is c1ccc2c(-c3nc4c(ccc5[nH]cc(C6CCNCC6)c54)o3)csc2c1. The molecule has 27 heavy (non-hydrogen) atoms. The maximum atomic E-state index is 6.21. The van der Waals surface area contributed by atoms with Crippen molar-refractivity contribution in [2.45, 2.75) is 18.8 Å². The predicted molar refractivity (Wildman–Crippen MR) is 112 cm³/mol. The average molecular weight is 373 g/mol. The normalized spacial score (nSPS) is 16.0. The Morgan fingerprint density at radius 3 is 2.89 bits per heavy atom. The quantitative estimate of drug-likeness (QED) is 0.420. The Morgan fingerprint density at radius 1 is 1.07 bits per heavy atom. The molecule has 6 rings (SSSR count). The molecule has 0 amide bonds. The maximum absolute atomic E-state index is 6.21. The monoisotopic (exact) mass is 373 g/mol. The molecule has 2 aromatic carbocycles. The number of thiophene rings is 1. The van der Waals surface area contributed by atoms with Crippen molar-refractivity contribution >= 4 is 43.4 Å². The molecular weight excluding hydrogens is 354 g/mol. The van der Waals surface area contributed by atoms with E-state index in [9.17, 15) is 0 Å². The first-order valence-electron chi connectivity index (χ1n) is 9.46. The molecule has 0 atom stereocenters. The summed E-state index contributed by atoms with van der Waals surface area (Å²) in [5, 5.41) is 8.05. The van der Waals surface area contributed by atoms with Crippen LogP contribution in [0.1, 0.15) is 24.3 Å². The molecule has 1 saturated heterocycles. The Kier molecular flexibility index (Phi) is 3.39. The number of nitrogens with one attached hydrogen (secondary N) is 2. The summed E-state index contributed by atoms with van der Waals surface area (Å²) < 4.78 is 7.47. The van der Waals surface area contributed by atoms with Crippen LogP contribution < -0.4 is 5.32 Å². The van der Waals surface area contributed by atoms with Crippen LogP contribution in [-0.2, 0) is 0 Å². The molecule has 5 heteroatoms. The molecule has 0 aliphatic carbocycles. The highest BCUT2D eigenvalue weighted by molar-refractivity contribution is 7.17. The lowest BCUT2D eigenvalue weighted by molar-refractivity contribution is 0.462. The van der Waals surface area contributed by atoms with Crippen molar-refractivity contribution in [1.82, 2.24) is 15.3 Å². The van der Waals surface area contributed by atoms with Crippen LogP contribution in [0.3, 0.4) is 0 Å². The van der Waals surface area contributed by atoms with E-state index in [0.717, 1.165) is 35.3 Å². The first-order valence-corrected chi connectivity index (χ1v) is 10.3. The summed E-state index contributed by atoms with van der Waals surface area (Å²) in [6.07, 6.45) is 4.51. The summed E-state index contributed by atoms with van der Waals surface area (Å²) in [6.45, 7) is 2.16. The number of benzene rings is 2. The highest BCUT2D eigenvalue weighted by atomic mass is 32.1. The summed E-state index contributed by atoms with van der Waals surface area (Å²) in [5.74, 6) is 1.29. The molecule has 4 nitrogen and oxygen atoms in total. The molecule has 3 aromatic heterocycles. The lowest BCUT2D eigenvalue weighted by atomic mass is 9.90. The standard InChI is InChI=1S/C22H19N3OS/c1-2-4-19-14(3-1)16(12-27-19)22-25-21-18(26-22)6-5-17-20(21)15(11-24-17)13-7-9-23-10-8-13/h1-6,11-13,23-24H,7-10H2. The predicted octanol–water partition coefficient (Wildman–Crippen LogP) is 5.66. The van der Waals surface area contributed by atoms with E-state index in [-0.39, 0.29) is 0 Å². The van der Waals surface area contributed by atoms with Crippen LogP contribution >= 0.6 is 11.3 Å². The van der Waals surface area contributed by atoms with E-state index >= 15 is 0 Å². The van der Waals surface area contributed by atoms with Gasteiger partial charge in [0.25, 0.3) is 0 Å². The van der Waals surface area contributed by atoms with Crippen LogP contribution in [0.4, 0.5) is 0 Å². The van der Waals surface area contributed by atoms with Crippen LogP contribution in [0.5, 0.6) is 0 Å². The highest BCUT2D eigenvalue weighted by Gasteiger charge is 2.22. The summed E-state index contributed by atoms with van der Waals surface area (Å²) >= 11 is 1.74. The molecule has 0 spiro atoms. The zero-order valence-corrected chi connectivity index (χ0v) is 15.6. The van der Waals surface area contributed by atoms with Crippen LogP contribution in [0.25, 0.3) is 43.5 Å². The number of hydrogen-bond acceptors (Lipinski definition) is 4. The van der Waals surface area contributed by atoms with E-state index in [1.807, 2.05) is 6.07 Å². The molecule has 134 valence electrons. The van der Waals surface area contributed by atoms with Crippen LogP contribution in [0.2, 0.25) is 0 Å². The summed E-state index contributed by atoms with van der Waals surface area (Å²) in [5.41, 5.74) is 5.45. The van der Waals surface area contributed by atoms with Crippen molar-refractivity contribution in [3.63, 3.8) is 0 Å². The maximum Gasteiger partial charge on any atom is 0.228 e. The van der Waals surface area contributed by atoms with Crippen molar-refractivity contribution in [1.29, 1.82) is 0 Å². The molecule has 1 aliphatic rings. The molecule has 0 saturated carbocycles. The molecule has 4 heterocycles. The Hall–Kier alpha value is -2.63. The van der Waals surface area contributed by atoms with Gasteiger partial charge in [-0.2, -0.15) is 0 Å². The second-order valence-corrected chi connectivity index (χ2v) is 8.18. The van der Waals surface area contributed by atoms with Gasteiger partial charge in [-0.1, -0.05) is 18.2 Å². The number of aromatic nitrogens is 2. The number of oxazole rings is 1. The van der Waals surface area contributed by atoms with Gasteiger partial charge in [0.05, 0.1) is 5.56 Å². The molecular formula is C22H19N3OS. The van der Waals surface area contributed by atoms with E-state index in [1.54, 1.807) is 11.3 Å². The smallest absolute Gasteiger partial charge is 0.228 e. The van der Waals surface area contributed by atoms with Crippen molar-refractivity contribution in [2.75, 3.05) is 13.1 Å². The van der Waals surface area contributed by atoms with Crippen molar-refractivity contribution in [3.05, 3.63) is 53.5 Å². The molecule has 0 bridgehead atoms. The molecule has 1 fully saturated rings. The Balaban J connectivity index is 1.57. The number of fused-ring (bicyclic) bond motifs is 4. The lowest BCUT2D eigenvalue weighted by Crippen LogP contribution is -2.26. The van der Waals surface area contributed by atoms with Crippen LogP contribution in [0, 0.1) is 0 Å². The third-order valence-electron chi connectivity index (χ3n) is 5.72. The average Bonchev–Trinajstić information content (AvgIpc) is 3.43. The van der Waals surface area contributed by atoms with Gasteiger partial charge >= 0.3 is 0 Å². The zero-order valence-electron chi connectivity index (χ0n) is 14.8. The van der Waals surface area contributed by atoms with Crippen molar-refractivity contribution in [3.8, 4) is 11.5 Å². The van der Waals surface area contributed by atoms with E-state index in [1.165, 1.54) is 33.9 Å². The first kappa shape index (κ1) is 15.4. The lowest BCUT2D eigenvalue weighted by Gasteiger charge is -2.22. The molecule has 0 unspecified atom stereocenters. The van der Waals surface area contributed by atoms with Gasteiger partial charge in [-0.3, -0.25) is 0 Å². The number of piperidine rings is 1. The molecule has 5 aromatic rings. The number of rotatable bonds is 2. The van der Waals surface area contributed by atoms with E-state index in [2.05, 4.69) is 52.2 Å². The van der Waals surface area contributed by atoms with Gasteiger partial charge in [0.2, 0.25) is 5.89 Å². The summed E-state index contributed by atoms with van der Waals surface area (Å²) in [6, 6.07) is 12.6. The largest absolute Gasteiger partial charge is 0.436 e. The second kappa shape index (κ2) is 5.94. The topological polar surface area (TPSA) is 53.9 Å². The number of H-pyrrole nitrogens is 1. The third kappa shape index (κ3) is 2.35. The van der Waals surface area contributed by atoms with Gasteiger partial charge in [-0.05, 0) is 55.6 Å². The molecule has 2 N–H and O–H groups in total. The Labute approximate surface area is 160 Å². The van der Waals surface area contributed by atoms with Gasteiger partial charge in [0.15, 0.2) is 5.58 Å². The Bertz CT molecular complexity index is 1270. The van der Waals surface area contributed by atoms with E-state index < -0.39 is 0 Å². The van der Waals surface area contributed by atoms with Crippen molar-refractivity contribution in [2.24, 2.45) is 0 Å². The second-order valence-electron chi connectivity index (χ2n) is 7.27.